The zero-order valence-corrected chi connectivity index (χ0v) is 12.1. The molecule has 2 aromatic carbocycles. The molecule has 1 atom stereocenters. The first kappa shape index (κ1) is 15.2. The standard InChI is InChI=1S/C15H12Cl2F2O/c1-15(20,10-3-2-4-13(18)14(10)19)8-9-5-6-11(16)12(17)7-9/h2-7,20H,8H2,1H3. The van der Waals surface area contributed by atoms with Gasteiger partial charge in [0.15, 0.2) is 11.6 Å². The summed E-state index contributed by atoms with van der Waals surface area (Å²) in [6, 6.07) is 8.59. The van der Waals surface area contributed by atoms with E-state index in [0.29, 0.717) is 15.6 Å². The third kappa shape index (κ3) is 3.11. The molecule has 0 aliphatic rings. The van der Waals surface area contributed by atoms with Gasteiger partial charge in [-0.15, -0.1) is 0 Å². The molecule has 0 aliphatic carbocycles. The van der Waals surface area contributed by atoms with Crippen LogP contribution in [-0.2, 0) is 12.0 Å². The number of rotatable bonds is 3. The van der Waals surface area contributed by atoms with Gasteiger partial charge in [0.1, 0.15) is 0 Å². The first-order valence-electron chi connectivity index (χ1n) is 5.92. The molecule has 0 saturated heterocycles. The maximum Gasteiger partial charge on any atom is 0.164 e. The Morgan fingerprint density at radius 3 is 2.45 bits per heavy atom. The van der Waals surface area contributed by atoms with E-state index < -0.39 is 17.2 Å². The summed E-state index contributed by atoms with van der Waals surface area (Å²) in [7, 11) is 0. The summed E-state index contributed by atoms with van der Waals surface area (Å²) in [5.41, 5.74) is -0.972. The highest BCUT2D eigenvalue weighted by atomic mass is 35.5. The van der Waals surface area contributed by atoms with E-state index in [4.69, 9.17) is 23.2 Å². The Morgan fingerprint density at radius 2 is 1.80 bits per heavy atom. The fourth-order valence-electron chi connectivity index (χ4n) is 2.06. The van der Waals surface area contributed by atoms with Crippen LogP contribution in [0.5, 0.6) is 0 Å². The van der Waals surface area contributed by atoms with Crippen LogP contribution in [0.25, 0.3) is 0 Å². The van der Waals surface area contributed by atoms with Crippen LogP contribution in [0.3, 0.4) is 0 Å². The molecule has 2 rings (SSSR count). The summed E-state index contributed by atoms with van der Waals surface area (Å²) >= 11 is 11.7. The molecule has 5 heteroatoms. The Balaban J connectivity index is 2.35. The van der Waals surface area contributed by atoms with Crippen molar-refractivity contribution in [1.82, 2.24) is 0 Å². The van der Waals surface area contributed by atoms with E-state index in [0.717, 1.165) is 6.07 Å². The Hall–Kier alpha value is -1.16. The molecule has 20 heavy (non-hydrogen) atoms. The van der Waals surface area contributed by atoms with Gasteiger partial charge in [-0.2, -0.15) is 0 Å². The SMILES string of the molecule is CC(O)(Cc1ccc(Cl)c(Cl)c1)c1cccc(F)c1F. The van der Waals surface area contributed by atoms with E-state index in [2.05, 4.69) is 0 Å². The number of hydrogen-bond acceptors (Lipinski definition) is 1. The fraction of sp³-hybridized carbons (Fsp3) is 0.200. The molecule has 1 N–H and O–H groups in total. The second-order valence-electron chi connectivity index (χ2n) is 4.80. The molecule has 0 bridgehead atoms. The van der Waals surface area contributed by atoms with Gasteiger partial charge >= 0.3 is 0 Å². The van der Waals surface area contributed by atoms with Crippen LogP contribution in [0.2, 0.25) is 10.0 Å². The maximum absolute atomic E-state index is 13.8. The third-order valence-electron chi connectivity index (χ3n) is 3.06. The Bertz CT molecular complexity index is 642. The van der Waals surface area contributed by atoms with E-state index in [1.807, 2.05) is 0 Å². The topological polar surface area (TPSA) is 20.2 Å². The van der Waals surface area contributed by atoms with E-state index in [1.165, 1.54) is 19.1 Å². The zero-order valence-electron chi connectivity index (χ0n) is 10.6. The molecule has 0 spiro atoms. The van der Waals surface area contributed by atoms with E-state index in [9.17, 15) is 13.9 Å². The quantitative estimate of drug-likeness (QED) is 0.868. The molecular weight excluding hydrogens is 305 g/mol. The molecule has 0 heterocycles. The third-order valence-corrected chi connectivity index (χ3v) is 3.80. The predicted molar refractivity (Wildman–Crippen MR) is 76.1 cm³/mol. The normalized spacial score (nSPS) is 14.1. The van der Waals surface area contributed by atoms with Crippen LogP contribution in [0.4, 0.5) is 8.78 Å². The van der Waals surface area contributed by atoms with Gasteiger partial charge in [0.25, 0.3) is 0 Å². The maximum atomic E-state index is 13.8. The van der Waals surface area contributed by atoms with Crippen LogP contribution in [0.15, 0.2) is 36.4 Å². The molecule has 0 radical (unpaired) electrons. The van der Waals surface area contributed by atoms with Crippen LogP contribution in [-0.4, -0.2) is 5.11 Å². The highest BCUT2D eigenvalue weighted by Gasteiger charge is 2.28. The predicted octanol–water partition coefficient (Wildman–Crippen LogP) is 4.72. The summed E-state index contributed by atoms with van der Waals surface area (Å²) in [5.74, 6) is -2.03. The average Bonchev–Trinajstić information content (AvgIpc) is 2.36. The van der Waals surface area contributed by atoms with Crippen LogP contribution in [0.1, 0.15) is 18.1 Å². The molecule has 1 nitrogen and oxygen atoms in total. The minimum Gasteiger partial charge on any atom is -0.385 e. The summed E-state index contributed by atoms with van der Waals surface area (Å²) in [5, 5.41) is 11.2. The van der Waals surface area contributed by atoms with Crippen LogP contribution >= 0.6 is 23.2 Å². The van der Waals surface area contributed by atoms with Crippen molar-refractivity contribution in [3.8, 4) is 0 Å². The number of hydrogen-bond donors (Lipinski definition) is 1. The van der Waals surface area contributed by atoms with Gasteiger partial charge in [-0.25, -0.2) is 8.78 Å². The average molecular weight is 317 g/mol. The lowest BCUT2D eigenvalue weighted by atomic mass is 9.88. The summed E-state index contributed by atoms with van der Waals surface area (Å²) in [6.45, 7) is 1.42. The Kier molecular flexibility index (Phi) is 4.33. The van der Waals surface area contributed by atoms with Crippen molar-refractivity contribution in [2.24, 2.45) is 0 Å². The monoisotopic (exact) mass is 316 g/mol. The molecule has 106 valence electrons. The lowest BCUT2D eigenvalue weighted by Gasteiger charge is -2.24. The molecule has 1 unspecified atom stereocenters. The second kappa shape index (κ2) is 5.68. The van der Waals surface area contributed by atoms with Gasteiger partial charge in [0, 0.05) is 12.0 Å². The largest absolute Gasteiger partial charge is 0.385 e. The summed E-state index contributed by atoms with van der Waals surface area (Å²) < 4.78 is 27.0. The van der Waals surface area contributed by atoms with Crippen molar-refractivity contribution in [2.75, 3.05) is 0 Å². The summed E-state index contributed by atoms with van der Waals surface area (Å²) in [4.78, 5) is 0. The molecule has 2 aromatic rings. The van der Waals surface area contributed by atoms with Gasteiger partial charge in [-0.1, -0.05) is 41.4 Å². The fourth-order valence-corrected chi connectivity index (χ4v) is 2.38. The van der Waals surface area contributed by atoms with E-state index >= 15 is 0 Å². The van der Waals surface area contributed by atoms with Crippen molar-refractivity contribution >= 4 is 23.2 Å². The zero-order chi connectivity index (χ0) is 14.9. The van der Waals surface area contributed by atoms with Crippen molar-refractivity contribution < 1.29 is 13.9 Å². The smallest absolute Gasteiger partial charge is 0.164 e. The van der Waals surface area contributed by atoms with Gasteiger partial charge < -0.3 is 5.11 Å². The lowest BCUT2D eigenvalue weighted by molar-refractivity contribution is 0.0530. The van der Waals surface area contributed by atoms with Crippen molar-refractivity contribution in [2.45, 2.75) is 18.9 Å². The number of aliphatic hydroxyl groups is 1. The Morgan fingerprint density at radius 1 is 1.10 bits per heavy atom. The van der Waals surface area contributed by atoms with Gasteiger partial charge in [-0.3, -0.25) is 0 Å². The van der Waals surface area contributed by atoms with Crippen molar-refractivity contribution in [3.05, 3.63) is 69.2 Å². The number of halogens is 4. The molecule has 0 fully saturated rings. The molecule has 0 amide bonds. The number of benzene rings is 2. The first-order valence-corrected chi connectivity index (χ1v) is 6.67. The summed E-state index contributed by atoms with van der Waals surface area (Å²) in [6.07, 6.45) is 0.0876. The van der Waals surface area contributed by atoms with Crippen molar-refractivity contribution in [1.29, 1.82) is 0 Å². The Labute approximate surface area is 125 Å². The molecule has 0 saturated carbocycles. The van der Waals surface area contributed by atoms with E-state index in [-0.39, 0.29) is 12.0 Å². The molecule has 0 aliphatic heterocycles. The molecular formula is C15H12Cl2F2O. The van der Waals surface area contributed by atoms with Gasteiger partial charge in [-0.05, 0) is 30.7 Å². The minimum atomic E-state index is -1.55. The molecule has 0 aromatic heterocycles. The first-order chi connectivity index (χ1) is 9.31. The van der Waals surface area contributed by atoms with Gasteiger partial charge in [0.2, 0.25) is 0 Å². The lowest BCUT2D eigenvalue weighted by Crippen LogP contribution is -2.26. The van der Waals surface area contributed by atoms with Crippen molar-refractivity contribution in [3.63, 3.8) is 0 Å². The second-order valence-corrected chi connectivity index (χ2v) is 5.61. The highest BCUT2D eigenvalue weighted by molar-refractivity contribution is 6.42. The van der Waals surface area contributed by atoms with Gasteiger partial charge in [0.05, 0.1) is 15.6 Å². The minimum absolute atomic E-state index is 0.0876. The van der Waals surface area contributed by atoms with E-state index in [1.54, 1.807) is 18.2 Å². The highest BCUT2D eigenvalue weighted by Crippen LogP contribution is 2.30. The van der Waals surface area contributed by atoms with Crippen LogP contribution in [0, 0.1) is 11.6 Å². The van der Waals surface area contributed by atoms with Crippen LogP contribution < -0.4 is 0 Å².